The van der Waals surface area contributed by atoms with Crippen molar-refractivity contribution >= 4 is 5.91 Å². The number of carbonyl (C=O) groups is 1. The lowest BCUT2D eigenvalue weighted by molar-refractivity contribution is -0.161. The van der Waals surface area contributed by atoms with Crippen LogP contribution in [-0.2, 0) is 4.79 Å². The molecule has 1 heterocycles. The van der Waals surface area contributed by atoms with Gasteiger partial charge in [0.25, 0.3) is 0 Å². The third-order valence-electron chi connectivity index (χ3n) is 4.55. The molecule has 1 amide bonds. The first-order valence-corrected chi connectivity index (χ1v) is 9.62. The van der Waals surface area contributed by atoms with Gasteiger partial charge in [0.2, 0.25) is 5.91 Å². The van der Waals surface area contributed by atoms with Crippen LogP contribution in [0.25, 0.3) is 11.1 Å². The number of alkyl halides is 3. The van der Waals surface area contributed by atoms with Crippen molar-refractivity contribution in [3.63, 3.8) is 0 Å². The summed E-state index contributed by atoms with van der Waals surface area (Å²) in [6.45, 7) is 5.23. The van der Waals surface area contributed by atoms with Crippen LogP contribution in [0.4, 0.5) is 13.2 Å². The van der Waals surface area contributed by atoms with Crippen molar-refractivity contribution in [2.45, 2.75) is 45.5 Å². The molecule has 5 nitrogen and oxygen atoms in total. The number of carbonyl (C=O) groups excluding carboxylic acids is 1. The van der Waals surface area contributed by atoms with Crippen LogP contribution in [-0.4, -0.2) is 29.7 Å². The van der Waals surface area contributed by atoms with Gasteiger partial charge in [0.05, 0.1) is 12.1 Å². The summed E-state index contributed by atoms with van der Waals surface area (Å²) in [6, 6.07) is 8.38. The molecule has 0 aliphatic rings. The van der Waals surface area contributed by atoms with Crippen LogP contribution in [0.3, 0.4) is 0 Å². The molecule has 2 N–H and O–H groups in total. The number of nitrogens with one attached hydrogen (secondary N) is 2. The van der Waals surface area contributed by atoms with Crippen molar-refractivity contribution in [1.29, 1.82) is 5.26 Å². The highest BCUT2D eigenvalue weighted by atomic mass is 19.4. The molecule has 0 unspecified atom stereocenters. The average Bonchev–Trinajstić information content (AvgIpc) is 2.69. The molecule has 0 fully saturated rings. The number of hydrogen-bond acceptors (Lipinski definition) is 4. The van der Waals surface area contributed by atoms with Crippen LogP contribution in [0.5, 0.6) is 0 Å². The van der Waals surface area contributed by atoms with E-state index in [1.807, 2.05) is 32.9 Å². The van der Waals surface area contributed by atoms with Crippen LogP contribution < -0.4 is 10.6 Å². The lowest BCUT2D eigenvalue weighted by atomic mass is 9.98. The first kappa shape index (κ1) is 23.4. The number of nitrogens with zero attached hydrogens (tertiary/aromatic N) is 2. The summed E-state index contributed by atoms with van der Waals surface area (Å²) in [5.74, 6) is -0.637. The Morgan fingerprint density at radius 1 is 1.13 bits per heavy atom. The van der Waals surface area contributed by atoms with Gasteiger partial charge >= 0.3 is 6.18 Å². The molecule has 0 spiro atoms. The Morgan fingerprint density at radius 2 is 1.77 bits per heavy atom. The van der Waals surface area contributed by atoms with E-state index in [0.717, 1.165) is 16.8 Å². The molecule has 2 aromatic rings. The molecule has 0 bridgehead atoms. The normalized spacial score (nSPS) is 13.5. The standard InChI is InChI=1S/C22H25F3N4O/c1-14(2)12-19(21(30)27-11-10-26)29-20(22(23,24)25)17-8-6-16(7-9-17)18-5-4-15(3)28-13-18/h4-9,13-14,19-20,29H,11-12H2,1-3H3,(H,27,30)/t19-,20+/m0/s1. The number of benzene rings is 1. The fraction of sp³-hybridized carbons (Fsp3) is 0.409. The average molecular weight is 418 g/mol. The minimum Gasteiger partial charge on any atom is -0.342 e. The van der Waals surface area contributed by atoms with Crippen molar-refractivity contribution in [2.24, 2.45) is 5.92 Å². The van der Waals surface area contributed by atoms with Crippen LogP contribution in [0, 0.1) is 24.2 Å². The molecule has 1 aromatic heterocycles. The highest BCUT2D eigenvalue weighted by molar-refractivity contribution is 5.82. The summed E-state index contributed by atoms with van der Waals surface area (Å²) in [5, 5.41) is 13.4. The zero-order valence-corrected chi connectivity index (χ0v) is 17.1. The Balaban J connectivity index is 2.28. The summed E-state index contributed by atoms with van der Waals surface area (Å²) in [6.07, 6.45) is -2.73. The Kier molecular flexibility index (Phi) is 7.95. The number of halogens is 3. The second kappa shape index (κ2) is 10.2. The minimum atomic E-state index is -4.60. The van der Waals surface area contributed by atoms with Gasteiger partial charge in [-0.15, -0.1) is 0 Å². The van der Waals surface area contributed by atoms with Gasteiger partial charge in [0.15, 0.2) is 0 Å². The summed E-state index contributed by atoms with van der Waals surface area (Å²) in [5.41, 5.74) is 2.41. The van der Waals surface area contributed by atoms with Gasteiger partial charge in [0.1, 0.15) is 12.6 Å². The molecule has 0 saturated carbocycles. The zero-order chi connectivity index (χ0) is 22.3. The van der Waals surface area contributed by atoms with E-state index in [0.29, 0.717) is 0 Å². The molecular weight excluding hydrogens is 393 g/mol. The number of nitriles is 1. The molecule has 0 aliphatic carbocycles. The van der Waals surface area contributed by atoms with Crippen molar-refractivity contribution in [1.82, 2.24) is 15.6 Å². The quantitative estimate of drug-likeness (QED) is 0.627. The van der Waals surface area contributed by atoms with E-state index >= 15 is 0 Å². The van der Waals surface area contributed by atoms with E-state index in [9.17, 15) is 18.0 Å². The number of pyridine rings is 1. The first-order chi connectivity index (χ1) is 14.1. The highest BCUT2D eigenvalue weighted by Crippen LogP contribution is 2.34. The molecule has 30 heavy (non-hydrogen) atoms. The maximum Gasteiger partial charge on any atom is 0.407 e. The Hall–Kier alpha value is -2.92. The first-order valence-electron chi connectivity index (χ1n) is 9.62. The lowest BCUT2D eigenvalue weighted by Crippen LogP contribution is -2.49. The fourth-order valence-corrected chi connectivity index (χ4v) is 3.06. The highest BCUT2D eigenvalue weighted by Gasteiger charge is 2.42. The molecule has 160 valence electrons. The van der Waals surface area contributed by atoms with E-state index in [-0.39, 0.29) is 24.4 Å². The topological polar surface area (TPSA) is 77.8 Å². The van der Waals surface area contributed by atoms with Crippen molar-refractivity contribution < 1.29 is 18.0 Å². The van der Waals surface area contributed by atoms with Crippen molar-refractivity contribution in [3.05, 3.63) is 53.9 Å². The van der Waals surface area contributed by atoms with Crippen molar-refractivity contribution in [2.75, 3.05) is 6.54 Å². The number of aryl methyl sites for hydroxylation is 1. The van der Waals surface area contributed by atoms with Gasteiger partial charge in [-0.05, 0) is 36.5 Å². The largest absolute Gasteiger partial charge is 0.407 e. The minimum absolute atomic E-state index is 0.00756. The third-order valence-corrected chi connectivity index (χ3v) is 4.55. The van der Waals surface area contributed by atoms with E-state index in [4.69, 9.17) is 5.26 Å². The van der Waals surface area contributed by atoms with Gasteiger partial charge in [-0.1, -0.05) is 44.2 Å². The van der Waals surface area contributed by atoms with Crippen LogP contribution in [0.2, 0.25) is 0 Å². The van der Waals surface area contributed by atoms with Crippen LogP contribution >= 0.6 is 0 Å². The second-order valence-electron chi connectivity index (χ2n) is 7.51. The Bertz CT molecular complexity index is 871. The molecule has 0 aliphatic heterocycles. The summed E-state index contributed by atoms with van der Waals surface area (Å²) in [4.78, 5) is 16.5. The van der Waals surface area contributed by atoms with E-state index in [1.54, 1.807) is 24.4 Å². The summed E-state index contributed by atoms with van der Waals surface area (Å²) < 4.78 is 41.5. The number of hydrogen-bond donors (Lipinski definition) is 2. The van der Waals surface area contributed by atoms with Crippen LogP contribution in [0.15, 0.2) is 42.6 Å². The maximum atomic E-state index is 13.8. The monoisotopic (exact) mass is 418 g/mol. The van der Waals surface area contributed by atoms with Gasteiger partial charge in [-0.2, -0.15) is 18.4 Å². The molecule has 8 heteroatoms. The number of rotatable bonds is 8. The van der Waals surface area contributed by atoms with E-state index in [1.165, 1.54) is 12.1 Å². The SMILES string of the molecule is Cc1ccc(-c2ccc([C@@H](N[C@@H](CC(C)C)C(=O)NCC#N)C(F)(F)F)cc2)cn1. The Labute approximate surface area is 174 Å². The van der Waals surface area contributed by atoms with Gasteiger partial charge in [-0.3, -0.25) is 15.1 Å². The fourth-order valence-electron chi connectivity index (χ4n) is 3.06. The van der Waals surface area contributed by atoms with Crippen molar-refractivity contribution in [3.8, 4) is 17.2 Å². The lowest BCUT2D eigenvalue weighted by Gasteiger charge is -2.28. The number of amides is 1. The van der Waals surface area contributed by atoms with Gasteiger partial charge in [0, 0.05) is 17.5 Å². The summed E-state index contributed by atoms with van der Waals surface area (Å²) in [7, 11) is 0. The maximum absolute atomic E-state index is 13.8. The zero-order valence-electron chi connectivity index (χ0n) is 17.1. The Morgan fingerprint density at radius 3 is 2.27 bits per heavy atom. The molecule has 0 radical (unpaired) electrons. The number of aromatic nitrogens is 1. The van der Waals surface area contributed by atoms with E-state index in [2.05, 4.69) is 15.6 Å². The molecule has 1 aromatic carbocycles. The van der Waals surface area contributed by atoms with Gasteiger partial charge in [-0.25, -0.2) is 0 Å². The van der Waals surface area contributed by atoms with Crippen LogP contribution in [0.1, 0.15) is 37.6 Å². The predicted octanol–water partition coefficient (Wildman–Crippen LogP) is 4.30. The molecule has 2 atom stereocenters. The smallest absolute Gasteiger partial charge is 0.342 e. The van der Waals surface area contributed by atoms with Gasteiger partial charge < -0.3 is 5.32 Å². The van der Waals surface area contributed by atoms with E-state index < -0.39 is 24.2 Å². The molecule has 0 saturated heterocycles. The molecule has 2 rings (SSSR count). The second-order valence-corrected chi connectivity index (χ2v) is 7.51. The summed E-state index contributed by atoms with van der Waals surface area (Å²) >= 11 is 0. The third kappa shape index (κ3) is 6.56. The predicted molar refractivity (Wildman–Crippen MR) is 108 cm³/mol. The molecular formula is C22H25F3N4O.